The molecular formula is C43H72Cl2P2Ru+4. The van der Waals surface area contributed by atoms with E-state index in [4.69, 9.17) is 23.2 Å². The normalized spacial score (nSPS) is 24.8. The van der Waals surface area contributed by atoms with Crippen molar-refractivity contribution in [2.75, 3.05) is 0 Å². The fourth-order valence-electron chi connectivity index (χ4n) is 10.7. The zero-order chi connectivity index (χ0) is 32.5. The second-order valence-corrected chi connectivity index (χ2v) is 23.6. The molecule has 1 aromatic carbocycles. The summed E-state index contributed by atoms with van der Waals surface area (Å²) >= 11 is 11.1. The molecule has 7 rings (SSSR count). The van der Waals surface area contributed by atoms with Crippen molar-refractivity contribution in [3.05, 3.63) is 35.9 Å². The second kappa shape index (κ2) is 24.6. The van der Waals surface area contributed by atoms with Crippen molar-refractivity contribution in [2.45, 2.75) is 231 Å². The van der Waals surface area contributed by atoms with Crippen molar-refractivity contribution >= 4 is 39.0 Å². The van der Waals surface area contributed by atoms with Gasteiger partial charge in [0.25, 0.3) is 0 Å². The van der Waals surface area contributed by atoms with Crippen LogP contribution in [0.3, 0.4) is 0 Å². The van der Waals surface area contributed by atoms with Gasteiger partial charge in [0.05, 0.1) is 0 Å². The molecule has 0 atom stereocenters. The number of alkyl halides is 2. The van der Waals surface area contributed by atoms with Gasteiger partial charge in [0.1, 0.15) is 4.84 Å². The third-order valence-electron chi connectivity index (χ3n) is 13.0. The monoisotopic (exact) mass is 822 g/mol. The van der Waals surface area contributed by atoms with Gasteiger partial charge in [0.2, 0.25) is 0 Å². The molecule has 6 fully saturated rings. The molecule has 48 heavy (non-hydrogen) atoms. The molecule has 6 aliphatic rings. The minimum atomic E-state index is -0.397. The molecule has 0 bridgehead atoms. The van der Waals surface area contributed by atoms with Crippen LogP contribution in [0, 0.1) is 0 Å². The SMILES string of the molecule is C1CCC(P(C2CCCCC2)C2CCCCC2)CC1.C1CCC(P(C2CCCCC2)C2CCCCC2)CC1.ClC(Cl)c1ccccc1.[Ru+4]. The summed E-state index contributed by atoms with van der Waals surface area (Å²) in [7, 11) is 0.770. The summed E-state index contributed by atoms with van der Waals surface area (Å²) in [6.45, 7) is 0. The second-order valence-electron chi connectivity index (χ2n) is 16.4. The molecule has 6 saturated carbocycles. The van der Waals surface area contributed by atoms with E-state index in [-0.39, 0.29) is 19.5 Å². The summed E-state index contributed by atoms with van der Waals surface area (Å²) in [5.74, 6) is 0. The summed E-state index contributed by atoms with van der Waals surface area (Å²) in [5, 5.41) is 0. The quantitative estimate of drug-likeness (QED) is 0.146. The zero-order valence-electron chi connectivity index (χ0n) is 30.6. The first-order chi connectivity index (χ1) is 23.2. The Bertz CT molecular complexity index is 770. The Morgan fingerprint density at radius 1 is 0.354 bits per heavy atom. The van der Waals surface area contributed by atoms with Crippen LogP contribution in [-0.2, 0) is 19.5 Å². The molecule has 0 unspecified atom stereocenters. The third kappa shape index (κ3) is 13.9. The predicted octanol–water partition coefficient (Wildman–Crippen LogP) is 16.1. The smallest absolute Gasteiger partial charge is 0.100 e. The van der Waals surface area contributed by atoms with Crippen LogP contribution < -0.4 is 0 Å². The van der Waals surface area contributed by atoms with Gasteiger partial charge < -0.3 is 0 Å². The first-order valence-electron chi connectivity index (χ1n) is 21.1. The first kappa shape index (κ1) is 42.0. The van der Waals surface area contributed by atoms with Gasteiger partial charge in [-0.2, -0.15) is 0 Å². The van der Waals surface area contributed by atoms with Gasteiger partial charge in [-0.1, -0.05) is 162 Å². The number of rotatable bonds is 7. The number of halogens is 2. The van der Waals surface area contributed by atoms with E-state index in [1.807, 2.05) is 30.3 Å². The van der Waals surface area contributed by atoms with Crippen LogP contribution in [0.2, 0.25) is 0 Å². The molecule has 0 N–H and O–H groups in total. The van der Waals surface area contributed by atoms with E-state index in [1.165, 1.54) is 72.5 Å². The molecule has 272 valence electrons. The number of benzene rings is 1. The molecule has 5 heteroatoms. The summed E-state index contributed by atoms with van der Waals surface area (Å²) in [4.78, 5) is -0.397. The summed E-state index contributed by atoms with van der Waals surface area (Å²) in [6, 6.07) is 9.54. The average molecular weight is 823 g/mol. The van der Waals surface area contributed by atoms with Crippen LogP contribution in [0.5, 0.6) is 0 Å². The van der Waals surface area contributed by atoms with Crippen molar-refractivity contribution in [3.63, 3.8) is 0 Å². The summed E-state index contributed by atoms with van der Waals surface area (Å²) < 4.78 is 0. The third-order valence-corrected chi connectivity index (χ3v) is 21.7. The number of hydrogen-bond acceptors (Lipinski definition) is 0. The van der Waals surface area contributed by atoms with Crippen molar-refractivity contribution in [1.29, 1.82) is 0 Å². The van der Waals surface area contributed by atoms with Crippen LogP contribution in [-0.4, -0.2) is 34.0 Å². The Labute approximate surface area is 323 Å². The van der Waals surface area contributed by atoms with Crippen LogP contribution in [0.15, 0.2) is 30.3 Å². The van der Waals surface area contributed by atoms with Crippen molar-refractivity contribution < 1.29 is 19.5 Å². The topological polar surface area (TPSA) is 0 Å². The molecule has 0 aliphatic heterocycles. The van der Waals surface area contributed by atoms with Gasteiger partial charge in [-0.3, -0.25) is 0 Å². The van der Waals surface area contributed by atoms with E-state index >= 15 is 0 Å². The van der Waals surface area contributed by atoms with Gasteiger partial charge in [0, 0.05) is 0 Å². The molecule has 0 nitrogen and oxygen atoms in total. The fourth-order valence-corrected chi connectivity index (χ4v) is 20.3. The zero-order valence-corrected chi connectivity index (χ0v) is 35.7. The fraction of sp³-hybridized carbons (Fsp3) is 0.860. The van der Waals surface area contributed by atoms with Crippen LogP contribution in [0.1, 0.15) is 203 Å². The van der Waals surface area contributed by atoms with Gasteiger partial charge in [0.15, 0.2) is 0 Å². The van der Waals surface area contributed by atoms with Crippen molar-refractivity contribution in [2.24, 2.45) is 0 Å². The Morgan fingerprint density at radius 3 is 0.729 bits per heavy atom. The molecule has 0 amide bonds. The Morgan fingerprint density at radius 2 is 0.562 bits per heavy atom. The maximum Gasteiger partial charge on any atom is 4.00 e. The van der Waals surface area contributed by atoms with Crippen LogP contribution in [0.4, 0.5) is 0 Å². The largest absolute Gasteiger partial charge is 4.00 e. The molecule has 0 spiro atoms. The van der Waals surface area contributed by atoms with E-state index in [0.717, 1.165) is 5.56 Å². The molecule has 0 aromatic heterocycles. The van der Waals surface area contributed by atoms with E-state index < -0.39 is 4.84 Å². The first-order valence-corrected chi connectivity index (χ1v) is 25.1. The van der Waals surface area contributed by atoms with Crippen LogP contribution >= 0.6 is 39.0 Å². The Hall–Kier alpha value is 1.28. The maximum atomic E-state index is 5.57. The molecule has 1 aromatic rings. The standard InChI is InChI=1S/2C18H33P.C7H6Cl2.Ru/c2*1-4-10-16(11-5-1)19(17-12-6-2-7-13-17)18-14-8-3-9-15-18;8-7(9)6-4-2-1-3-5-6;/h2*16-18H,1-15H2;1-5,7H;/q;;;+4. The molecule has 6 aliphatic carbocycles. The van der Waals surface area contributed by atoms with Crippen molar-refractivity contribution in [1.82, 2.24) is 0 Å². The van der Waals surface area contributed by atoms with Crippen LogP contribution in [0.25, 0.3) is 0 Å². The van der Waals surface area contributed by atoms with E-state index in [9.17, 15) is 0 Å². The van der Waals surface area contributed by atoms with Gasteiger partial charge in [-0.25, -0.2) is 0 Å². The molecular weight excluding hydrogens is 750 g/mol. The summed E-state index contributed by atoms with van der Waals surface area (Å²) in [5.41, 5.74) is 8.08. The molecule has 0 radical (unpaired) electrons. The average Bonchev–Trinajstić information content (AvgIpc) is 3.15. The van der Waals surface area contributed by atoms with Crippen molar-refractivity contribution in [3.8, 4) is 0 Å². The minimum absolute atomic E-state index is 0. The Balaban J connectivity index is 0.000000171. The molecule has 0 saturated heterocycles. The van der Waals surface area contributed by atoms with Gasteiger partial charge in [-0.05, 0) is 117 Å². The van der Waals surface area contributed by atoms with E-state index in [1.54, 1.807) is 154 Å². The van der Waals surface area contributed by atoms with Gasteiger partial charge >= 0.3 is 19.5 Å². The summed E-state index contributed by atoms with van der Waals surface area (Å²) in [6.07, 6.45) is 47.2. The maximum absolute atomic E-state index is 5.57. The van der Waals surface area contributed by atoms with E-state index in [0.29, 0.717) is 15.8 Å². The van der Waals surface area contributed by atoms with E-state index in [2.05, 4.69) is 0 Å². The minimum Gasteiger partial charge on any atom is -0.100 e. The predicted molar refractivity (Wildman–Crippen MR) is 216 cm³/mol. The molecule has 0 heterocycles. The van der Waals surface area contributed by atoms with Gasteiger partial charge in [-0.15, -0.1) is 23.2 Å². The Kier molecular flexibility index (Phi) is 21.5. The number of hydrogen-bond donors (Lipinski definition) is 0.